The highest BCUT2D eigenvalue weighted by Gasteiger charge is 2.11. The quantitative estimate of drug-likeness (QED) is 0.795. The van der Waals surface area contributed by atoms with Gasteiger partial charge in [-0.2, -0.15) is 0 Å². The summed E-state index contributed by atoms with van der Waals surface area (Å²) >= 11 is 0. The molecule has 0 saturated heterocycles. The van der Waals surface area contributed by atoms with Crippen molar-refractivity contribution in [2.45, 2.75) is 5.03 Å². The molecule has 80 valence electrons. The van der Waals surface area contributed by atoms with Crippen LogP contribution in [-0.4, -0.2) is 20.5 Å². The number of sulfonamides is 1. The van der Waals surface area contributed by atoms with Gasteiger partial charge in [0.1, 0.15) is 10.8 Å². The summed E-state index contributed by atoms with van der Waals surface area (Å²) in [5.41, 5.74) is 0.708. The second kappa shape index (κ2) is 3.25. The van der Waals surface area contributed by atoms with Crippen molar-refractivity contribution in [3.8, 4) is 5.75 Å². The zero-order valence-electron chi connectivity index (χ0n) is 8.02. The molecule has 0 aliphatic heterocycles. The first-order valence-electron chi connectivity index (χ1n) is 4.20. The molecule has 0 saturated carbocycles. The van der Waals surface area contributed by atoms with E-state index in [9.17, 15) is 8.42 Å². The van der Waals surface area contributed by atoms with Crippen molar-refractivity contribution in [2.75, 3.05) is 7.11 Å². The summed E-state index contributed by atoms with van der Waals surface area (Å²) in [7, 11) is -2.13. The third kappa shape index (κ3) is 1.81. The molecule has 0 unspecified atom stereocenters. The van der Waals surface area contributed by atoms with Crippen molar-refractivity contribution in [1.82, 2.24) is 4.98 Å². The first-order chi connectivity index (χ1) is 7.00. The van der Waals surface area contributed by atoms with Gasteiger partial charge in [-0.1, -0.05) is 0 Å². The molecule has 1 heterocycles. The van der Waals surface area contributed by atoms with E-state index < -0.39 is 10.0 Å². The molecule has 3 N–H and O–H groups in total. The van der Waals surface area contributed by atoms with Crippen LogP contribution in [0.1, 0.15) is 0 Å². The lowest BCUT2D eigenvalue weighted by Gasteiger charge is -1.97. The van der Waals surface area contributed by atoms with Crippen molar-refractivity contribution < 1.29 is 13.2 Å². The standard InChI is InChI=1S/C9H10N2O3S/c1-14-7-2-3-8-6(4-7)5-9(11-8)15(10,12)13/h2-5,11H,1H3,(H2,10,12,13). The molecule has 0 spiro atoms. The Balaban J connectivity index is 2.66. The lowest BCUT2D eigenvalue weighted by molar-refractivity contribution is 0.415. The molecule has 0 aliphatic carbocycles. The molecule has 0 radical (unpaired) electrons. The Kier molecular flexibility index (Phi) is 2.17. The van der Waals surface area contributed by atoms with Crippen LogP contribution in [0.25, 0.3) is 10.9 Å². The van der Waals surface area contributed by atoms with E-state index in [-0.39, 0.29) is 5.03 Å². The zero-order chi connectivity index (χ0) is 11.1. The number of H-pyrrole nitrogens is 1. The molecule has 0 bridgehead atoms. The molecule has 5 nitrogen and oxygen atoms in total. The maximum Gasteiger partial charge on any atom is 0.253 e. The van der Waals surface area contributed by atoms with Crippen molar-refractivity contribution in [3.05, 3.63) is 24.3 Å². The number of hydrogen-bond acceptors (Lipinski definition) is 3. The van der Waals surface area contributed by atoms with E-state index in [0.29, 0.717) is 11.3 Å². The van der Waals surface area contributed by atoms with Gasteiger partial charge in [0, 0.05) is 10.9 Å². The van der Waals surface area contributed by atoms with E-state index >= 15 is 0 Å². The van der Waals surface area contributed by atoms with Crippen LogP contribution in [0, 0.1) is 0 Å². The molecular weight excluding hydrogens is 216 g/mol. The SMILES string of the molecule is COc1ccc2[nH]c(S(N)(=O)=O)cc2c1. The Morgan fingerprint density at radius 1 is 1.33 bits per heavy atom. The smallest absolute Gasteiger partial charge is 0.253 e. The molecular formula is C9H10N2O3S. The summed E-state index contributed by atoms with van der Waals surface area (Å²) in [4.78, 5) is 2.72. The second-order valence-corrected chi connectivity index (χ2v) is 4.66. The topological polar surface area (TPSA) is 85.2 Å². The molecule has 15 heavy (non-hydrogen) atoms. The molecule has 0 aliphatic rings. The molecule has 0 atom stereocenters. The minimum absolute atomic E-state index is 0.00533. The van der Waals surface area contributed by atoms with Crippen LogP contribution in [0.15, 0.2) is 29.3 Å². The monoisotopic (exact) mass is 226 g/mol. The molecule has 0 fully saturated rings. The predicted molar refractivity (Wildman–Crippen MR) is 56.2 cm³/mol. The third-order valence-electron chi connectivity index (χ3n) is 2.11. The molecule has 1 aromatic carbocycles. The van der Waals surface area contributed by atoms with E-state index in [1.54, 1.807) is 25.3 Å². The number of aromatic nitrogens is 1. The van der Waals surface area contributed by atoms with Crippen LogP contribution in [-0.2, 0) is 10.0 Å². The van der Waals surface area contributed by atoms with Crippen LogP contribution in [0.3, 0.4) is 0 Å². The number of nitrogens with one attached hydrogen (secondary N) is 1. The highest BCUT2D eigenvalue weighted by Crippen LogP contribution is 2.22. The summed E-state index contributed by atoms with van der Waals surface area (Å²) in [6.45, 7) is 0. The normalized spacial score (nSPS) is 11.9. The summed E-state index contributed by atoms with van der Waals surface area (Å²) < 4.78 is 27.2. The summed E-state index contributed by atoms with van der Waals surface area (Å²) in [5, 5.41) is 5.75. The number of primary sulfonamides is 1. The second-order valence-electron chi connectivity index (χ2n) is 3.13. The highest BCUT2D eigenvalue weighted by molar-refractivity contribution is 7.89. The number of fused-ring (bicyclic) bond motifs is 1. The van der Waals surface area contributed by atoms with Crippen LogP contribution < -0.4 is 9.88 Å². The molecule has 2 aromatic rings. The minimum Gasteiger partial charge on any atom is -0.497 e. The fourth-order valence-electron chi connectivity index (χ4n) is 1.36. The largest absolute Gasteiger partial charge is 0.497 e. The number of rotatable bonds is 2. The predicted octanol–water partition coefficient (Wildman–Crippen LogP) is 0.824. The van der Waals surface area contributed by atoms with Gasteiger partial charge in [0.25, 0.3) is 10.0 Å². The van der Waals surface area contributed by atoms with Gasteiger partial charge in [0.2, 0.25) is 0 Å². The number of benzene rings is 1. The fraction of sp³-hybridized carbons (Fsp3) is 0.111. The van der Waals surface area contributed by atoms with Crippen molar-refractivity contribution in [3.63, 3.8) is 0 Å². The van der Waals surface area contributed by atoms with Gasteiger partial charge in [0.15, 0.2) is 0 Å². The van der Waals surface area contributed by atoms with Gasteiger partial charge in [-0.15, -0.1) is 0 Å². The average Bonchev–Trinajstić information content (AvgIpc) is 2.59. The number of nitrogens with two attached hydrogens (primary N) is 1. The minimum atomic E-state index is -3.68. The Hall–Kier alpha value is -1.53. The lowest BCUT2D eigenvalue weighted by atomic mass is 10.2. The van der Waals surface area contributed by atoms with Gasteiger partial charge >= 0.3 is 0 Å². The van der Waals surface area contributed by atoms with E-state index in [1.165, 1.54) is 6.07 Å². The van der Waals surface area contributed by atoms with Gasteiger partial charge in [-0.3, -0.25) is 0 Å². The Morgan fingerprint density at radius 3 is 2.67 bits per heavy atom. The number of aromatic amines is 1. The third-order valence-corrected chi connectivity index (χ3v) is 2.94. The first-order valence-corrected chi connectivity index (χ1v) is 5.75. The van der Waals surface area contributed by atoms with Crippen molar-refractivity contribution >= 4 is 20.9 Å². The molecule has 1 aromatic heterocycles. The Labute approximate surface area is 86.9 Å². The Morgan fingerprint density at radius 2 is 2.07 bits per heavy atom. The van der Waals surface area contributed by atoms with Crippen LogP contribution >= 0.6 is 0 Å². The maximum absolute atomic E-state index is 11.1. The number of ether oxygens (including phenoxy) is 1. The highest BCUT2D eigenvalue weighted by atomic mass is 32.2. The van der Waals surface area contributed by atoms with E-state index in [2.05, 4.69) is 4.98 Å². The van der Waals surface area contributed by atoms with E-state index in [4.69, 9.17) is 9.88 Å². The van der Waals surface area contributed by atoms with Gasteiger partial charge < -0.3 is 9.72 Å². The van der Waals surface area contributed by atoms with Gasteiger partial charge in [-0.05, 0) is 24.3 Å². The maximum atomic E-state index is 11.1. The lowest BCUT2D eigenvalue weighted by Crippen LogP contribution is -2.12. The first kappa shape index (κ1) is 10.0. The fourth-order valence-corrected chi connectivity index (χ4v) is 1.91. The number of hydrogen-bond donors (Lipinski definition) is 2. The van der Waals surface area contributed by atoms with Crippen molar-refractivity contribution in [1.29, 1.82) is 0 Å². The number of methoxy groups -OCH3 is 1. The van der Waals surface area contributed by atoms with Gasteiger partial charge in [-0.25, -0.2) is 13.6 Å². The van der Waals surface area contributed by atoms with Crippen molar-refractivity contribution in [2.24, 2.45) is 5.14 Å². The van der Waals surface area contributed by atoms with E-state index in [0.717, 1.165) is 5.39 Å². The molecule has 2 rings (SSSR count). The van der Waals surface area contributed by atoms with Crippen LogP contribution in [0.4, 0.5) is 0 Å². The zero-order valence-corrected chi connectivity index (χ0v) is 8.84. The summed E-state index contributed by atoms with van der Waals surface area (Å²) in [6, 6.07) is 6.70. The molecule has 6 heteroatoms. The van der Waals surface area contributed by atoms with E-state index in [1.807, 2.05) is 0 Å². The van der Waals surface area contributed by atoms with Gasteiger partial charge in [0.05, 0.1) is 7.11 Å². The van der Waals surface area contributed by atoms with Crippen LogP contribution in [0.5, 0.6) is 5.75 Å². The molecule has 0 amide bonds. The average molecular weight is 226 g/mol. The van der Waals surface area contributed by atoms with Crippen LogP contribution in [0.2, 0.25) is 0 Å². The summed E-state index contributed by atoms with van der Waals surface area (Å²) in [6.07, 6.45) is 0. The summed E-state index contributed by atoms with van der Waals surface area (Å²) in [5.74, 6) is 0.669. The Bertz CT molecular complexity index is 601.